The van der Waals surface area contributed by atoms with Gasteiger partial charge in [-0.05, 0) is 58.3 Å². The van der Waals surface area contributed by atoms with E-state index in [2.05, 4.69) is 41.8 Å². The minimum atomic E-state index is -0.157. The molecule has 6 heteroatoms. The number of ether oxygens (including phenoxy) is 3. The molecule has 0 saturated heterocycles. The zero-order valence-corrected chi connectivity index (χ0v) is 17.6. The minimum Gasteiger partial charge on any atom is -0.493 e. The van der Waals surface area contributed by atoms with E-state index in [9.17, 15) is 4.79 Å². The molecule has 0 aliphatic carbocycles. The van der Waals surface area contributed by atoms with Gasteiger partial charge in [0, 0.05) is 10.1 Å². The third-order valence-electron chi connectivity index (χ3n) is 3.68. The summed E-state index contributed by atoms with van der Waals surface area (Å²) < 4.78 is 17.0. The van der Waals surface area contributed by atoms with Crippen LogP contribution in [0.5, 0.6) is 17.2 Å². The Bertz CT molecular complexity index is 744. The van der Waals surface area contributed by atoms with Crippen LogP contribution < -0.4 is 19.5 Å². The number of hydrogen-bond donors (Lipinski definition) is 1. The molecule has 2 aromatic carbocycles. The van der Waals surface area contributed by atoms with Gasteiger partial charge >= 0.3 is 0 Å². The first-order valence-electron chi connectivity index (χ1n) is 8.36. The van der Waals surface area contributed by atoms with Crippen LogP contribution in [0.3, 0.4) is 0 Å². The third kappa shape index (κ3) is 5.52. The molecule has 140 valence electrons. The number of nitrogens with one attached hydrogen (secondary N) is 1. The summed E-state index contributed by atoms with van der Waals surface area (Å²) in [6, 6.07) is 11.2. The Morgan fingerprint density at radius 2 is 1.69 bits per heavy atom. The Morgan fingerprint density at radius 1 is 1.08 bits per heavy atom. The second kappa shape index (κ2) is 9.66. The molecule has 0 aliphatic heterocycles. The lowest BCUT2D eigenvalue weighted by Crippen LogP contribution is -2.23. The molecule has 2 rings (SSSR count). The smallest absolute Gasteiger partial charge is 0.252 e. The van der Waals surface area contributed by atoms with Crippen molar-refractivity contribution in [1.29, 1.82) is 0 Å². The van der Waals surface area contributed by atoms with E-state index in [0.29, 0.717) is 36.1 Å². The Morgan fingerprint density at radius 3 is 2.27 bits per heavy atom. The lowest BCUT2D eigenvalue weighted by atomic mass is 10.1. The molecule has 0 spiro atoms. The first-order chi connectivity index (χ1) is 12.4. The molecule has 5 nitrogen and oxygen atoms in total. The first-order valence-corrected chi connectivity index (χ1v) is 9.44. The van der Waals surface area contributed by atoms with Crippen molar-refractivity contribution in [1.82, 2.24) is 5.32 Å². The first kappa shape index (κ1) is 20.4. The molecular formula is C20H24INO4. The van der Waals surface area contributed by atoms with Crippen LogP contribution in [0.4, 0.5) is 0 Å². The van der Waals surface area contributed by atoms with Crippen LogP contribution in [0.25, 0.3) is 0 Å². The van der Waals surface area contributed by atoms with Gasteiger partial charge in [-0.3, -0.25) is 4.79 Å². The van der Waals surface area contributed by atoms with Gasteiger partial charge in [-0.1, -0.05) is 26.0 Å². The monoisotopic (exact) mass is 469 g/mol. The molecule has 0 radical (unpaired) electrons. The fourth-order valence-corrected chi connectivity index (χ4v) is 2.96. The van der Waals surface area contributed by atoms with E-state index in [0.717, 1.165) is 14.9 Å². The number of carbonyl (C=O) groups excluding carboxylic acids is 1. The van der Waals surface area contributed by atoms with Crippen molar-refractivity contribution in [3.8, 4) is 17.2 Å². The van der Waals surface area contributed by atoms with Gasteiger partial charge in [-0.15, -0.1) is 0 Å². The van der Waals surface area contributed by atoms with E-state index in [1.165, 1.54) is 0 Å². The topological polar surface area (TPSA) is 56.8 Å². The van der Waals surface area contributed by atoms with Crippen LogP contribution in [-0.4, -0.2) is 26.7 Å². The lowest BCUT2D eigenvalue weighted by Gasteiger charge is -2.12. The van der Waals surface area contributed by atoms with Crippen molar-refractivity contribution >= 4 is 28.5 Å². The van der Waals surface area contributed by atoms with Gasteiger partial charge in [-0.25, -0.2) is 0 Å². The van der Waals surface area contributed by atoms with E-state index >= 15 is 0 Å². The third-order valence-corrected chi connectivity index (χ3v) is 4.57. The highest BCUT2D eigenvalue weighted by molar-refractivity contribution is 14.1. The highest BCUT2D eigenvalue weighted by Gasteiger charge is 2.15. The number of benzene rings is 2. The van der Waals surface area contributed by atoms with Crippen LogP contribution in [0.2, 0.25) is 0 Å². The number of rotatable bonds is 8. The van der Waals surface area contributed by atoms with Crippen molar-refractivity contribution in [2.45, 2.75) is 20.4 Å². The Labute approximate surface area is 168 Å². The van der Waals surface area contributed by atoms with Crippen LogP contribution >= 0.6 is 22.6 Å². The molecular weight excluding hydrogens is 445 g/mol. The fourth-order valence-electron chi connectivity index (χ4n) is 2.27. The highest BCUT2D eigenvalue weighted by atomic mass is 127. The van der Waals surface area contributed by atoms with Crippen molar-refractivity contribution < 1.29 is 19.0 Å². The molecule has 0 fully saturated rings. The van der Waals surface area contributed by atoms with Crippen molar-refractivity contribution in [3.05, 3.63) is 51.1 Å². The quantitative estimate of drug-likeness (QED) is 0.587. The molecule has 0 aromatic heterocycles. The fraction of sp³-hybridized carbons (Fsp3) is 0.350. The van der Waals surface area contributed by atoms with Crippen LogP contribution in [0.1, 0.15) is 29.8 Å². The second-order valence-electron chi connectivity index (χ2n) is 6.22. The van der Waals surface area contributed by atoms with E-state index in [1.54, 1.807) is 26.4 Å². The molecule has 0 atom stereocenters. The largest absolute Gasteiger partial charge is 0.493 e. The number of hydrogen-bond acceptors (Lipinski definition) is 4. The Balaban J connectivity index is 2.00. The number of carbonyl (C=O) groups is 1. The maximum Gasteiger partial charge on any atom is 0.252 e. The SMILES string of the molecule is COc1cc(I)c(C(=O)NCc2ccc(OCC(C)C)cc2)cc1OC. The van der Waals surface area contributed by atoms with Gasteiger partial charge in [0.1, 0.15) is 5.75 Å². The maximum atomic E-state index is 12.5. The van der Waals surface area contributed by atoms with Gasteiger partial charge in [0.05, 0.1) is 26.4 Å². The summed E-state index contributed by atoms with van der Waals surface area (Å²) in [5.41, 5.74) is 1.56. The van der Waals surface area contributed by atoms with Gasteiger partial charge in [-0.2, -0.15) is 0 Å². The van der Waals surface area contributed by atoms with Crippen LogP contribution in [0, 0.1) is 9.49 Å². The van der Waals surface area contributed by atoms with Gasteiger partial charge < -0.3 is 19.5 Å². The molecule has 0 bridgehead atoms. The van der Waals surface area contributed by atoms with Crippen molar-refractivity contribution in [2.75, 3.05) is 20.8 Å². The predicted molar refractivity (Wildman–Crippen MR) is 110 cm³/mol. The Hall–Kier alpha value is -1.96. The lowest BCUT2D eigenvalue weighted by molar-refractivity contribution is 0.0949. The van der Waals surface area contributed by atoms with E-state index < -0.39 is 0 Å². The normalized spacial score (nSPS) is 10.5. The summed E-state index contributed by atoms with van der Waals surface area (Å²) in [5.74, 6) is 2.30. The van der Waals surface area contributed by atoms with E-state index in [4.69, 9.17) is 14.2 Å². The molecule has 1 N–H and O–H groups in total. The minimum absolute atomic E-state index is 0.157. The summed E-state index contributed by atoms with van der Waals surface area (Å²) >= 11 is 2.12. The summed E-state index contributed by atoms with van der Waals surface area (Å²) in [7, 11) is 3.12. The summed E-state index contributed by atoms with van der Waals surface area (Å²) in [6.07, 6.45) is 0. The van der Waals surface area contributed by atoms with Crippen LogP contribution in [0.15, 0.2) is 36.4 Å². The van der Waals surface area contributed by atoms with Gasteiger partial charge in [0.2, 0.25) is 0 Å². The second-order valence-corrected chi connectivity index (χ2v) is 7.38. The van der Waals surface area contributed by atoms with Gasteiger partial charge in [0.15, 0.2) is 11.5 Å². The zero-order chi connectivity index (χ0) is 19.1. The standard InChI is InChI=1S/C20H24INO4/c1-13(2)12-26-15-7-5-14(6-8-15)11-22-20(23)16-9-18(24-3)19(25-4)10-17(16)21/h5-10,13H,11-12H2,1-4H3,(H,22,23). The predicted octanol–water partition coefficient (Wildman–Crippen LogP) is 4.27. The Kier molecular flexibility index (Phi) is 7.56. The molecule has 0 aliphatic rings. The van der Waals surface area contributed by atoms with Crippen molar-refractivity contribution in [2.24, 2.45) is 5.92 Å². The van der Waals surface area contributed by atoms with Crippen molar-refractivity contribution in [3.63, 3.8) is 0 Å². The highest BCUT2D eigenvalue weighted by Crippen LogP contribution is 2.31. The number of halogens is 1. The molecule has 0 heterocycles. The average molecular weight is 469 g/mol. The van der Waals surface area contributed by atoms with Crippen LogP contribution in [-0.2, 0) is 6.54 Å². The van der Waals surface area contributed by atoms with E-state index in [-0.39, 0.29) is 5.91 Å². The summed E-state index contributed by atoms with van der Waals surface area (Å²) in [6.45, 7) is 5.35. The average Bonchev–Trinajstić information content (AvgIpc) is 2.64. The molecule has 26 heavy (non-hydrogen) atoms. The van der Waals surface area contributed by atoms with Gasteiger partial charge in [0.25, 0.3) is 5.91 Å². The molecule has 0 saturated carbocycles. The molecule has 1 amide bonds. The molecule has 0 unspecified atom stereocenters. The number of amides is 1. The summed E-state index contributed by atoms with van der Waals surface area (Å²) in [4.78, 5) is 12.5. The van der Waals surface area contributed by atoms with E-state index in [1.807, 2.05) is 24.3 Å². The zero-order valence-electron chi connectivity index (χ0n) is 15.5. The maximum absolute atomic E-state index is 12.5. The number of methoxy groups -OCH3 is 2. The molecule has 2 aromatic rings. The summed E-state index contributed by atoms with van der Waals surface area (Å²) in [5, 5.41) is 2.93.